The summed E-state index contributed by atoms with van der Waals surface area (Å²) >= 11 is 0. The zero-order valence-corrected chi connectivity index (χ0v) is 14.8. The van der Waals surface area contributed by atoms with Crippen LogP contribution in [0.25, 0.3) is 0 Å². The summed E-state index contributed by atoms with van der Waals surface area (Å²) in [5, 5.41) is 6.15. The van der Waals surface area contributed by atoms with Crippen LogP contribution in [0.2, 0.25) is 0 Å². The molecular weight excluding hydrogens is 256 g/mol. The average Bonchev–Trinajstić information content (AvgIpc) is 2.52. The number of nitrogens with two attached hydrogens (primary N) is 1. The third kappa shape index (κ3) is 28.3. The van der Waals surface area contributed by atoms with Crippen molar-refractivity contribution in [2.24, 2.45) is 5.73 Å². The molecule has 3 N–H and O–H groups in total. The van der Waals surface area contributed by atoms with Gasteiger partial charge >= 0.3 is 0 Å². The second-order valence-electron chi connectivity index (χ2n) is 5.82. The Labute approximate surface area is 134 Å². The second-order valence-corrected chi connectivity index (χ2v) is 5.82. The first kappa shape index (κ1) is 22.7. The van der Waals surface area contributed by atoms with E-state index in [9.17, 15) is 0 Å². The molecule has 0 aromatic heterocycles. The van der Waals surface area contributed by atoms with Gasteiger partial charge in [-0.05, 0) is 31.8 Å². The van der Waals surface area contributed by atoms with Gasteiger partial charge in [-0.3, -0.25) is 5.41 Å². The molecule has 0 atom stereocenters. The predicted molar refractivity (Wildman–Crippen MR) is 97.3 cm³/mol. The highest BCUT2D eigenvalue weighted by Crippen LogP contribution is 2.12. The number of hydrogen-bond donors (Lipinski definition) is 2. The van der Waals surface area contributed by atoms with E-state index in [2.05, 4.69) is 12.8 Å². The lowest BCUT2D eigenvalue weighted by Crippen LogP contribution is -1.97. The highest BCUT2D eigenvalue weighted by Gasteiger charge is 1.93. The first-order valence-corrected chi connectivity index (χ1v) is 9.23. The molecular formula is C19H40N2. The molecule has 0 aliphatic heterocycles. The Bertz CT molecular complexity index is 194. The quantitative estimate of drug-likeness (QED) is 0.289. The molecule has 0 saturated heterocycles. The Balaban J connectivity index is 0. The van der Waals surface area contributed by atoms with Gasteiger partial charge < -0.3 is 5.73 Å². The van der Waals surface area contributed by atoms with Crippen molar-refractivity contribution >= 4 is 5.87 Å². The van der Waals surface area contributed by atoms with E-state index in [4.69, 9.17) is 11.1 Å². The maximum Gasteiger partial charge on any atom is -0.00773 e. The minimum absolute atomic E-state index is 0.873. The van der Waals surface area contributed by atoms with Crippen LogP contribution < -0.4 is 5.73 Å². The zero-order chi connectivity index (χ0) is 16.0. The molecule has 2 heteroatoms. The third-order valence-electron chi connectivity index (χ3n) is 3.70. The third-order valence-corrected chi connectivity index (χ3v) is 3.70. The molecule has 0 aliphatic carbocycles. The maximum atomic E-state index is 6.15. The van der Waals surface area contributed by atoms with Crippen molar-refractivity contribution < 1.29 is 0 Å². The summed E-state index contributed by atoms with van der Waals surface area (Å²) in [5.41, 5.74) is 5.47. The molecule has 2 nitrogen and oxygen atoms in total. The number of hydrogen-bond acceptors (Lipinski definition) is 2. The fourth-order valence-corrected chi connectivity index (χ4v) is 2.34. The van der Waals surface area contributed by atoms with Gasteiger partial charge in [-0.25, -0.2) is 0 Å². The number of unbranched alkanes of at least 4 members (excludes halogenated alkanes) is 13. The summed E-state index contributed by atoms with van der Waals surface area (Å²) in [7, 11) is 0. The molecule has 0 heterocycles. The van der Waals surface area contributed by atoms with Crippen LogP contribution in [0.15, 0.2) is 6.08 Å². The van der Waals surface area contributed by atoms with Gasteiger partial charge in [-0.15, -0.1) is 0 Å². The van der Waals surface area contributed by atoms with E-state index in [0.29, 0.717) is 0 Å². The fraction of sp³-hybridized carbons (Fsp3) is 0.895. The highest BCUT2D eigenvalue weighted by molar-refractivity contribution is 5.45. The van der Waals surface area contributed by atoms with E-state index in [0.717, 1.165) is 6.54 Å². The monoisotopic (exact) mass is 296 g/mol. The average molecular weight is 297 g/mol. The Kier molecular flexibility index (Phi) is 26.4. The fourth-order valence-electron chi connectivity index (χ4n) is 2.34. The van der Waals surface area contributed by atoms with E-state index in [1.165, 1.54) is 89.9 Å². The molecule has 0 amide bonds. The second kappa shape index (κ2) is 24.4. The highest BCUT2D eigenvalue weighted by atomic mass is 14.5. The van der Waals surface area contributed by atoms with Crippen molar-refractivity contribution in [2.75, 3.05) is 6.54 Å². The molecule has 0 aromatic carbocycles. The molecule has 0 radical (unpaired) electrons. The summed E-state index contributed by atoms with van der Waals surface area (Å²) < 4.78 is 0. The molecule has 0 saturated carbocycles. The van der Waals surface area contributed by atoms with Gasteiger partial charge in [0.05, 0.1) is 0 Å². The maximum absolute atomic E-state index is 6.15. The predicted octanol–water partition coefficient (Wildman–Crippen LogP) is 6.24. The molecule has 0 rings (SSSR count). The van der Waals surface area contributed by atoms with E-state index in [1.54, 1.807) is 13.0 Å². The molecule has 0 bridgehead atoms. The SMILES string of the molecule is CC=C=N.CCCCCCCCCCCCCCCCN. The van der Waals surface area contributed by atoms with Crippen molar-refractivity contribution in [3.8, 4) is 0 Å². The normalized spacial score (nSPS) is 9.67. The van der Waals surface area contributed by atoms with Gasteiger partial charge in [0.1, 0.15) is 0 Å². The topological polar surface area (TPSA) is 49.9 Å². The summed E-state index contributed by atoms with van der Waals surface area (Å²) in [5.74, 6) is 2.06. The first-order valence-electron chi connectivity index (χ1n) is 9.23. The van der Waals surface area contributed by atoms with Gasteiger partial charge in [0.25, 0.3) is 0 Å². The van der Waals surface area contributed by atoms with Crippen molar-refractivity contribution in [1.29, 1.82) is 5.41 Å². The summed E-state index contributed by atoms with van der Waals surface area (Å²) in [4.78, 5) is 0. The molecule has 0 spiro atoms. The smallest absolute Gasteiger partial charge is 0.00773 e. The lowest BCUT2D eigenvalue weighted by Gasteiger charge is -2.02. The molecule has 21 heavy (non-hydrogen) atoms. The lowest BCUT2D eigenvalue weighted by atomic mass is 10.0. The van der Waals surface area contributed by atoms with Crippen LogP contribution in [0, 0.1) is 5.41 Å². The number of allylic oxidation sites excluding steroid dienone is 1. The minimum Gasteiger partial charge on any atom is -0.330 e. The van der Waals surface area contributed by atoms with Crippen LogP contribution in [0.1, 0.15) is 104 Å². The van der Waals surface area contributed by atoms with Crippen LogP contribution in [0.3, 0.4) is 0 Å². The molecule has 0 unspecified atom stereocenters. The van der Waals surface area contributed by atoms with Gasteiger partial charge in [0.2, 0.25) is 0 Å². The summed E-state index contributed by atoms with van der Waals surface area (Å²) in [6, 6.07) is 0. The summed E-state index contributed by atoms with van der Waals surface area (Å²) in [6.45, 7) is 4.92. The number of nitrogens with one attached hydrogen (secondary N) is 1. The Hall–Kier alpha value is -0.590. The van der Waals surface area contributed by atoms with Crippen molar-refractivity contribution in [3.05, 3.63) is 6.08 Å². The van der Waals surface area contributed by atoms with Crippen LogP contribution >= 0.6 is 0 Å². The Morgan fingerprint density at radius 1 is 0.714 bits per heavy atom. The van der Waals surface area contributed by atoms with Crippen LogP contribution in [0.4, 0.5) is 0 Å². The molecule has 0 aromatic rings. The molecule has 0 aliphatic rings. The van der Waals surface area contributed by atoms with E-state index < -0.39 is 0 Å². The lowest BCUT2D eigenvalue weighted by molar-refractivity contribution is 0.536. The van der Waals surface area contributed by atoms with Gasteiger partial charge in [0, 0.05) is 0 Å². The van der Waals surface area contributed by atoms with Crippen molar-refractivity contribution in [3.63, 3.8) is 0 Å². The van der Waals surface area contributed by atoms with Crippen LogP contribution in [-0.2, 0) is 0 Å². The van der Waals surface area contributed by atoms with Gasteiger partial charge in [0.15, 0.2) is 0 Å². The van der Waals surface area contributed by atoms with E-state index in [-0.39, 0.29) is 0 Å². The minimum atomic E-state index is 0.873. The zero-order valence-electron chi connectivity index (χ0n) is 14.8. The van der Waals surface area contributed by atoms with Gasteiger partial charge in [-0.2, -0.15) is 0 Å². The van der Waals surface area contributed by atoms with Gasteiger partial charge in [-0.1, -0.05) is 90.4 Å². The standard InChI is InChI=1S/C16H35N.C3H5N/c1-2-3-4-5-6-7-8-9-10-11-12-13-14-15-16-17;1-2-3-4/h2-17H2,1H3;2,4H,1H3. The molecule has 126 valence electrons. The van der Waals surface area contributed by atoms with Crippen LogP contribution in [0.5, 0.6) is 0 Å². The Morgan fingerprint density at radius 3 is 1.24 bits per heavy atom. The first-order chi connectivity index (χ1) is 10.3. The van der Waals surface area contributed by atoms with E-state index in [1.807, 2.05) is 0 Å². The van der Waals surface area contributed by atoms with Crippen molar-refractivity contribution in [2.45, 2.75) is 104 Å². The molecule has 0 fully saturated rings. The van der Waals surface area contributed by atoms with Crippen LogP contribution in [-0.4, -0.2) is 12.4 Å². The largest absolute Gasteiger partial charge is 0.330 e. The Morgan fingerprint density at radius 2 is 1.00 bits per heavy atom. The van der Waals surface area contributed by atoms with Crippen molar-refractivity contribution in [1.82, 2.24) is 0 Å². The van der Waals surface area contributed by atoms with E-state index >= 15 is 0 Å². The number of rotatable bonds is 14. The summed E-state index contributed by atoms with van der Waals surface area (Å²) in [6.07, 6.45) is 21.4.